The van der Waals surface area contributed by atoms with Crippen molar-refractivity contribution in [2.45, 2.75) is 40.0 Å². The van der Waals surface area contributed by atoms with Crippen molar-refractivity contribution in [1.82, 2.24) is 0 Å². The first-order chi connectivity index (χ1) is 8.95. The van der Waals surface area contributed by atoms with Crippen molar-refractivity contribution < 1.29 is 4.92 Å². The van der Waals surface area contributed by atoms with E-state index in [0.717, 1.165) is 42.0 Å². The highest BCUT2D eigenvalue weighted by molar-refractivity contribution is 7.79. The Morgan fingerprint density at radius 3 is 2.47 bits per heavy atom. The summed E-state index contributed by atoms with van der Waals surface area (Å²) in [6.07, 6.45) is 2.84. The van der Waals surface area contributed by atoms with Gasteiger partial charge in [0.15, 0.2) is 0 Å². The van der Waals surface area contributed by atoms with E-state index >= 15 is 0 Å². The minimum absolute atomic E-state index is 0.116. The Morgan fingerprint density at radius 1 is 1.32 bits per heavy atom. The van der Waals surface area contributed by atoms with Crippen LogP contribution in [0.25, 0.3) is 0 Å². The van der Waals surface area contributed by atoms with Crippen molar-refractivity contribution in [3.63, 3.8) is 0 Å². The van der Waals surface area contributed by atoms with Crippen LogP contribution in [0.1, 0.15) is 44.7 Å². The first-order valence-electron chi connectivity index (χ1n) is 6.44. The molecule has 1 aromatic carbocycles. The molecule has 0 aliphatic heterocycles. The van der Waals surface area contributed by atoms with E-state index in [0.29, 0.717) is 0 Å². The zero-order valence-electron chi connectivity index (χ0n) is 11.6. The third kappa shape index (κ3) is 4.67. The minimum atomic E-state index is -0.384. The van der Waals surface area contributed by atoms with E-state index in [4.69, 9.17) is 0 Å². The average Bonchev–Trinajstić information content (AvgIpc) is 2.36. The van der Waals surface area contributed by atoms with Gasteiger partial charge in [0.05, 0.1) is 10.6 Å². The second-order valence-electron chi connectivity index (χ2n) is 5.23. The van der Waals surface area contributed by atoms with Crippen LogP contribution < -0.4 is 0 Å². The van der Waals surface area contributed by atoms with Crippen molar-refractivity contribution in [3.8, 4) is 0 Å². The van der Waals surface area contributed by atoms with Crippen LogP contribution in [0.4, 0.5) is 5.69 Å². The summed E-state index contributed by atoms with van der Waals surface area (Å²) in [5.41, 5.74) is 2.97. The summed E-state index contributed by atoms with van der Waals surface area (Å²) in [7, 11) is 0. The number of non-ortho nitro benzene ring substituents is 1. The average molecular weight is 280 g/mol. The second kappa shape index (κ2) is 7.28. The molecule has 0 saturated carbocycles. The van der Waals surface area contributed by atoms with Gasteiger partial charge in [0.1, 0.15) is 0 Å². The number of nitrogens with zero attached hydrogens (tertiary/aromatic N) is 2. The molecule has 0 radical (unpaired) electrons. The minimum Gasteiger partial charge on any atom is -0.258 e. The van der Waals surface area contributed by atoms with E-state index in [2.05, 4.69) is 38.0 Å². The molecule has 104 valence electrons. The molecular formula is C14H20N2O2S. The Bertz CT molecular complexity index is 482. The monoisotopic (exact) mass is 280 g/mol. The number of hydrogen-bond acceptors (Lipinski definition) is 4. The third-order valence-corrected chi connectivity index (χ3v) is 2.84. The SMILES string of the molecule is CC(C)C.O=[N+]([O-])c1ccc2c(c1)/C(=N/S)CCC2. The molecule has 1 aliphatic rings. The van der Waals surface area contributed by atoms with E-state index in [1.165, 1.54) is 0 Å². The van der Waals surface area contributed by atoms with Crippen LogP contribution in [-0.2, 0) is 6.42 Å². The fourth-order valence-corrected chi connectivity index (χ4v) is 2.06. The Balaban J connectivity index is 0.000000399. The van der Waals surface area contributed by atoms with Crippen LogP contribution in [0.5, 0.6) is 0 Å². The molecule has 1 aromatic rings. The zero-order chi connectivity index (χ0) is 14.4. The van der Waals surface area contributed by atoms with Crippen molar-refractivity contribution >= 4 is 24.2 Å². The second-order valence-corrected chi connectivity index (χ2v) is 5.43. The number of nitro groups is 1. The van der Waals surface area contributed by atoms with Crippen LogP contribution in [0.2, 0.25) is 0 Å². The molecular weight excluding hydrogens is 260 g/mol. The largest absolute Gasteiger partial charge is 0.270 e. The lowest BCUT2D eigenvalue weighted by atomic mass is 9.90. The standard InChI is InChI=1S/C10H10N2O2S.C4H10/c13-12(14)8-5-4-7-2-1-3-10(11-15)9(7)6-8;1-4(2)3/h4-6,15H,1-3H2;4H,1-3H3/b11-10+;. The summed E-state index contributed by atoms with van der Waals surface area (Å²) < 4.78 is 3.88. The maximum atomic E-state index is 10.6. The maximum Gasteiger partial charge on any atom is 0.270 e. The Morgan fingerprint density at radius 2 is 1.95 bits per heavy atom. The topological polar surface area (TPSA) is 55.5 Å². The van der Waals surface area contributed by atoms with Crippen LogP contribution in [0, 0.1) is 16.0 Å². The molecule has 0 fully saturated rings. The molecule has 0 saturated heterocycles. The maximum absolute atomic E-state index is 10.6. The number of nitro benzene ring substituents is 1. The molecule has 0 atom stereocenters. The predicted molar refractivity (Wildman–Crippen MR) is 82.1 cm³/mol. The Kier molecular flexibility index (Phi) is 6.02. The van der Waals surface area contributed by atoms with Gasteiger partial charge in [-0.05, 0) is 43.6 Å². The summed E-state index contributed by atoms with van der Waals surface area (Å²) in [5, 5.41) is 10.6. The third-order valence-electron chi connectivity index (χ3n) is 2.60. The Labute approximate surface area is 119 Å². The van der Waals surface area contributed by atoms with Crippen molar-refractivity contribution in [1.29, 1.82) is 0 Å². The van der Waals surface area contributed by atoms with Gasteiger partial charge in [-0.15, -0.1) is 0 Å². The smallest absolute Gasteiger partial charge is 0.258 e. The molecule has 0 heterocycles. The van der Waals surface area contributed by atoms with Crippen molar-refractivity contribution in [2.24, 2.45) is 10.3 Å². The summed E-state index contributed by atoms with van der Waals surface area (Å²) in [6.45, 7) is 6.50. The van der Waals surface area contributed by atoms with E-state index < -0.39 is 0 Å². The molecule has 0 spiro atoms. The number of aryl methyl sites for hydroxylation is 1. The molecule has 1 aliphatic carbocycles. The lowest BCUT2D eigenvalue weighted by molar-refractivity contribution is -0.384. The van der Waals surface area contributed by atoms with Gasteiger partial charge in [-0.3, -0.25) is 10.1 Å². The van der Waals surface area contributed by atoms with E-state index in [1.54, 1.807) is 12.1 Å². The van der Waals surface area contributed by atoms with Crippen LogP contribution in [0.3, 0.4) is 0 Å². The molecule has 5 heteroatoms. The van der Waals surface area contributed by atoms with E-state index in [-0.39, 0.29) is 10.6 Å². The molecule has 2 rings (SSSR count). The Hall–Kier alpha value is -1.36. The van der Waals surface area contributed by atoms with Gasteiger partial charge in [-0.2, -0.15) is 0 Å². The molecule has 4 nitrogen and oxygen atoms in total. The fourth-order valence-electron chi connectivity index (χ4n) is 1.85. The van der Waals surface area contributed by atoms with Gasteiger partial charge in [-0.1, -0.05) is 26.8 Å². The highest BCUT2D eigenvalue weighted by atomic mass is 32.1. The van der Waals surface area contributed by atoms with Gasteiger partial charge in [0.2, 0.25) is 0 Å². The number of rotatable bonds is 1. The predicted octanol–water partition coefficient (Wildman–Crippen LogP) is 4.23. The molecule has 0 unspecified atom stereocenters. The fraction of sp³-hybridized carbons (Fsp3) is 0.500. The number of benzene rings is 1. The number of hydrogen-bond donors (Lipinski definition) is 1. The van der Waals surface area contributed by atoms with E-state index in [9.17, 15) is 10.1 Å². The summed E-state index contributed by atoms with van der Waals surface area (Å²) in [5.74, 6) is 0.833. The summed E-state index contributed by atoms with van der Waals surface area (Å²) >= 11 is 3.89. The molecule has 0 amide bonds. The highest BCUT2D eigenvalue weighted by Crippen LogP contribution is 2.26. The van der Waals surface area contributed by atoms with Crippen molar-refractivity contribution in [3.05, 3.63) is 39.4 Å². The lowest BCUT2D eigenvalue weighted by Crippen LogP contribution is -2.11. The first kappa shape index (κ1) is 15.7. The van der Waals surface area contributed by atoms with Gasteiger partial charge in [0, 0.05) is 17.7 Å². The molecule has 19 heavy (non-hydrogen) atoms. The van der Waals surface area contributed by atoms with Crippen LogP contribution in [0.15, 0.2) is 22.6 Å². The van der Waals surface area contributed by atoms with Crippen LogP contribution >= 0.6 is 12.8 Å². The quantitative estimate of drug-likeness (QED) is 0.475. The highest BCUT2D eigenvalue weighted by Gasteiger charge is 2.18. The summed E-state index contributed by atoms with van der Waals surface area (Å²) in [4.78, 5) is 10.2. The summed E-state index contributed by atoms with van der Waals surface area (Å²) in [6, 6.07) is 4.94. The number of fused-ring (bicyclic) bond motifs is 1. The first-order valence-corrected chi connectivity index (χ1v) is 6.84. The van der Waals surface area contributed by atoms with Gasteiger partial charge >= 0.3 is 0 Å². The molecule has 0 aromatic heterocycles. The van der Waals surface area contributed by atoms with E-state index in [1.807, 2.05) is 6.07 Å². The van der Waals surface area contributed by atoms with Gasteiger partial charge in [0.25, 0.3) is 5.69 Å². The molecule has 0 bridgehead atoms. The zero-order valence-corrected chi connectivity index (χ0v) is 12.5. The van der Waals surface area contributed by atoms with Crippen molar-refractivity contribution in [2.75, 3.05) is 0 Å². The van der Waals surface area contributed by atoms with Gasteiger partial charge < -0.3 is 0 Å². The van der Waals surface area contributed by atoms with Gasteiger partial charge in [-0.25, -0.2) is 4.40 Å². The normalized spacial score (nSPS) is 15.7. The molecule has 0 N–H and O–H groups in total. The van der Waals surface area contributed by atoms with Crippen LogP contribution in [-0.4, -0.2) is 10.6 Å². The number of thiol groups is 1. The lowest BCUT2D eigenvalue weighted by Gasteiger charge is -2.16.